The van der Waals surface area contributed by atoms with Crippen molar-refractivity contribution in [3.63, 3.8) is 0 Å². The summed E-state index contributed by atoms with van der Waals surface area (Å²) in [5.41, 5.74) is 2.76. The second-order valence-electron chi connectivity index (χ2n) is 3.29. The average molecular weight is 152 g/mol. The lowest BCUT2D eigenvalue weighted by Gasteiger charge is -1.92. The third-order valence-electron chi connectivity index (χ3n) is 1.81. The summed E-state index contributed by atoms with van der Waals surface area (Å²) in [5, 5.41) is 0. The van der Waals surface area contributed by atoms with Crippen LogP contribution in [0.4, 0.5) is 0 Å². The maximum Gasteiger partial charge on any atom is 0.102 e. The molecule has 0 saturated carbocycles. The van der Waals surface area contributed by atoms with E-state index >= 15 is 0 Å². The van der Waals surface area contributed by atoms with E-state index in [9.17, 15) is 0 Å². The topological polar surface area (TPSA) is 12.5 Å². The fourth-order valence-electron chi connectivity index (χ4n) is 0.923. The first-order chi connectivity index (χ1) is 5.20. The molecule has 1 heterocycles. The van der Waals surface area contributed by atoms with Crippen molar-refractivity contribution in [2.75, 3.05) is 6.61 Å². The molecule has 1 nitrogen and oxygen atoms in total. The number of hydrogen-bond acceptors (Lipinski definition) is 1. The van der Waals surface area contributed by atoms with Crippen LogP contribution in [0.5, 0.6) is 0 Å². The normalized spacial score (nSPS) is 23.2. The van der Waals surface area contributed by atoms with Gasteiger partial charge in [-0.25, -0.2) is 0 Å². The third kappa shape index (κ3) is 3.38. The Hall–Kier alpha value is -0.560. The van der Waals surface area contributed by atoms with Crippen molar-refractivity contribution in [1.29, 1.82) is 0 Å². The van der Waals surface area contributed by atoms with Crippen LogP contribution in [0.15, 0.2) is 23.3 Å². The van der Waals surface area contributed by atoms with E-state index in [2.05, 4.69) is 32.9 Å². The van der Waals surface area contributed by atoms with E-state index in [0.29, 0.717) is 6.10 Å². The molecule has 0 N–H and O–H groups in total. The second kappa shape index (κ2) is 3.72. The van der Waals surface area contributed by atoms with Crippen LogP contribution in [0, 0.1) is 0 Å². The lowest BCUT2D eigenvalue weighted by Crippen LogP contribution is -1.85. The Morgan fingerprint density at radius 1 is 1.36 bits per heavy atom. The predicted molar refractivity (Wildman–Crippen MR) is 47.5 cm³/mol. The summed E-state index contributed by atoms with van der Waals surface area (Å²) in [4.78, 5) is 0. The molecule has 1 saturated heterocycles. The van der Waals surface area contributed by atoms with Gasteiger partial charge < -0.3 is 4.74 Å². The van der Waals surface area contributed by atoms with Gasteiger partial charge in [-0.3, -0.25) is 0 Å². The standard InChI is InChI=1S/C10H16O/c1-8(2)5-4-6-9(3)10-7-11-10/h5-6,10H,4,7H2,1-3H3/b9-6+/t10-/m0/s1. The zero-order valence-corrected chi connectivity index (χ0v) is 7.55. The first kappa shape index (κ1) is 8.54. The summed E-state index contributed by atoms with van der Waals surface area (Å²) in [6, 6.07) is 0. The lowest BCUT2D eigenvalue weighted by molar-refractivity contribution is 0.431. The highest BCUT2D eigenvalue weighted by molar-refractivity contribution is 5.12. The summed E-state index contributed by atoms with van der Waals surface area (Å²) in [6.45, 7) is 7.31. The predicted octanol–water partition coefficient (Wildman–Crippen LogP) is 2.69. The van der Waals surface area contributed by atoms with Crippen LogP contribution >= 0.6 is 0 Å². The minimum atomic E-state index is 0.445. The molecule has 1 atom stereocenters. The molecule has 1 aliphatic heterocycles. The number of hydrogen-bond donors (Lipinski definition) is 0. The molecule has 0 aromatic rings. The van der Waals surface area contributed by atoms with Crippen molar-refractivity contribution >= 4 is 0 Å². The molecule has 62 valence electrons. The fraction of sp³-hybridized carbons (Fsp3) is 0.600. The highest BCUT2D eigenvalue weighted by Gasteiger charge is 2.23. The molecule has 0 unspecified atom stereocenters. The van der Waals surface area contributed by atoms with E-state index in [1.54, 1.807) is 0 Å². The molecule has 0 amide bonds. The van der Waals surface area contributed by atoms with Gasteiger partial charge in [-0.2, -0.15) is 0 Å². The molecule has 1 rings (SSSR count). The van der Waals surface area contributed by atoms with Crippen LogP contribution in [0.25, 0.3) is 0 Å². The third-order valence-corrected chi connectivity index (χ3v) is 1.81. The zero-order valence-electron chi connectivity index (χ0n) is 7.55. The van der Waals surface area contributed by atoms with Gasteiger partial charge in [0.25, 0.3) is 0 Å². The molecule has 1 aliphatic rings. The molecule has 0 bridgehead atoms. The summed E-state index contributed by atoms with van der Waals surface area (Å²) in [5.74, 6) is 0. The Morgan fingerprint density at radius 3 is 2.45 bits per heavy atom. The molecule has 0 spiro atoms. The van der Waals surface area contributed by atoms with Gasteiger partial charge in [0.05, 0.1) is 6.61 Å². The number of epoxide rings is 1. The van der Waals surface area contributed by atoms with Crippen LogP contribution in [0.3, 0.4) is 0 Å². The van der Waals surface area contributed by atoms with E-state index in [4.69, 9.17) is 4.74 Å². The van der Waals surface area contributed by atoms with Gasteiger partial charge in [-0.1, -0.05) is 17.7 Å². The van der Waals surface area contributed by atoms with Gasteiger partial charge in [0.1, 0.15) is 6.10 Å². The maximum absolute atomic E-state index is 5.14. The summed E-state index contributed by atoms with van der Waals surface area (Å²) in [7, 11) is 0. The highest BCUT2D eigenvalue weighted by atomic mass is 16.6. The van der Waals surface area contributed by atoms with Crippen molar-refractivity contribution in [2.45, 2.75) is 33.3 Å². The molecular weight excluding hydrogens is 136 g/mol. The van der Waals surface area contributed by atoms with Crippen molar-refractivity contribution in [3.05, 3.63) is 23.3 Å². The minimum Gasteiger partial charge on any atom is -0.368 e. The average Bonchev–Trinajstić information content (AvgIpc) is 2.66. The van der Waals surface area contributed by atoms with Gasteiger partial charge in [0, 0.05) is 0 Å². The first-order valence-corrected chi connectivity index (χ1v) is 4.12. The van der Waals surface area contributed by atoms with Gasteiger partial charge in [0.15, 0.2) is 0 Å². The lowest BCUT2D eigenvalue weighted by atomic mass is 10.1. The highest BCUT2D eigenvalue weighted by Crippen LogP contribution is 2.19. The quantitative estimate of drug-likeness (QED) is 0.447. The molecule has 0 aromatic carbocycles. The van der Waals surface area contributed by atoms with Crippen LogP contribution < -0.4 is 0 Å². The SMILES string of the molecule is CC(C)=CC/C=C(\C)[C@@H]1CO1. The van der Waals surface area contributed by atoms with E-state index in [1.165, 1.54) is 11.1 Å². The number of rotatable bonds is 3. The minimum absolute atomic E-state index is 0.445. The Kier molecular flexibility index (Phi) is 2.89. The molecule has 1 fully saturated rings. The van der Waals surface area contributed by atoms with Crippen LogP contribution in [-0.4, -0.2) is 12.7 Å². The zero-order chi connectivity index (χ0) is 8.27. The van der Waals surface area contributed by atoms with Crippen molar-refractivity contribution in [1.82, 2.24) is 0 Å². The van der Waals surface area contributed by atoms with Crippen LogP contribution in [0.1, 0.15) is 27.2 Å². The van der Waals surface area contributed by atoms with Gasteiger partial charge in [-0.05, 0) is 32.8 Å². The Balaban J connectivity index is 2.27. The second-order valence-corrected chi connectivity index (χ2v) is 3.29. The van der Waals surface area contributed by atoms with Gasteiger partial charge in [0.2, 0.25) is 0 Å². The summed E-state index contributed by atoms with van der Waals surface area (Å²) < 4.78 is 5.14. The van der Waals surface area contributed by atoms with E-state index in [0.717, 1.165) is 13.0 Å². The number of allylic oxidation sites excluding steroid dienone is 3. The first-order valence-electron chi connectivity index (χ1n) is 4.12. The van der Waals surface area contributed by atoms with Crippen molar-refractivity contribution in [2.24, 2.45) is 0 Å². The molecule has 0 aliphatic carbocycles. The number of ether oxygens (including phenoxy) is 1. The van der Waals surface area contributed by atoms with E-state index in [1.807, 2.05) is 0 Å². The molecule has 11 heavy (non-hydrogen) atoms. The van der Waals surface area contributed by atoms with Gasteiger partial charge in [-0.15, -0.1) is 0 Å². The van der Waals surface area contributed by atoms with Crippen molar-refractivity contribution < 1.29 is 4.74 Å². The molecule has 0 radical (unpaired) electrons. The van der Waals surface area contributed by atoms with Crippen LogP contribution in [0.2, 0.25) is 0 Å². The smallest absolute Gasteiger partial charge is 0.102 e. The van der Waals surface area contributed by atoms with E-state index < -0.39 is 0 Å². The monoisotopic (exact) mass is 152 g/mol. The summed E-state index contributed by atoms with van der Waals surface area (Å²) in [6.07, 6.45) is 5.96. The Labute approximate surface area is 68.8 Å². The van der Waals surface area contributed by atoms with E-state index in [-0.39, 0.29) is 0 Å². The molecule has 0 aromatic heterocycles. The van der Waals surface area contributed by atoms with Crippen LogP contribution in [-0.2, 0) is 4.74 Å². The Bertz CT molecular complexity index is 181. The van der Waals surface area contributed by atoms with Gasteiger partial charge >= 0.3 is 0 Å². The molecular formula is C10H16O. The largest absolute Gasteiger partial charge is 0.368 e. The summed E-state index contributed by atoms with van der Waals surface area (Å²) >= 11 is 0. The molecule has 1 heteroatoms. The maximum atomic E-state index is 5.14. The Morgan fingerprint density at radius 2 is 2.00 bits per heavy atom. The van der Waals surface area contributed by atoms with Crippen molar-refractivity contribution in [3.8, 4) is 0 Å². The fourth-order valence-corrected chi connectivity index (χ4v) is 0.923.